The second-order valence-corrected chi connectivity index (χ2v) is 13.5. The smallest absolute Gasteiger partial charge is 0.320 e. The minimum atomic E-state index is -0.785. The highest BCUT2D eigenvalue weighted by Gasteiger charge is 2.28. The number of piperidine rings is 1. The number of likely N-dealkylation sites (N-methyl/N-ethyl adjacent to an activating group) is 1. The van der Waals surface area contributed by atoms with Gasteiger partial charge in [0, 0.05) is 25.7 Å². The third-order valence-electron chi connectivity index (χ3n) is 9.36. The Morgan fingerprint density at radius 2 is 1.57 bits per heavy atom. The van der Waals surface area contributed by atoms with E-state index in [-0.39, 0.29) is 11.7 Å². The maximum Gasteiger partial charge on any atom is 0.320 e. The third-order valence-corrected chi connectivity index (χ3v) is 9.36. The van der Waals surface area contributed by atoms with Crippen molar-refractivity contribution in [2.24, 2.45) is 28.7 Å². The van der Waals surface area contributed by atoms with Gasteiger partial charge in [-0.05, 0) is 93.8 Å². The Labute approximate surface area is 287 Å². The van der Waals surface area contributed by atoms with E-state index in [4.69, 9.17) is 5.11 Å². The van der Waals surface area contributed by atoms with E-state index in [0.717, 1.165) is 24.2 Å². The highest BCUT2D eigenvalue weighted by atomic mass is 19.1. The van der Waals surface area contributed by atoms with Gasteiger partial charge in [0.05, 0.1) is 0 Å². The summed E-state index contributed by atoms with van der Waals surface area (Å²) >= 11 is 0. The van der Waals surface area contributed by atoms with Crippen LogP contribution in [0.25, 0.3) is 0 Å². The number of unbranched alkanes of at least 4 members (excludes halogenated alkanes) is 2. The number of carboxylic acids is 1. The van der Waals surface area contributed by atoms with Gasteiger partial charge < -0.3 is 15.3 Å². The lowest BCUT2D eigenvalue weighted by atomic mass is 9.88. The zero-order chi connectivity index (χ0) is 35.0. The molecule has 4 rings (SSSR count). The highest BCUT2D eigenvalue weighted by Crippen LogP contribution is 2.33. The fourth-order valence-corrected chi connectivity index (χ4v) is 6.29. The molecular formula is C41H66FN3O2. The lowest BCUT2D eigenvalue weighted by Gasteiger charge is -2.35. The van der Waals surface area contributed by atoms with Crippen molar-refractivity contribution >= 4 is 11.7 Å². The minimum Gasteiger partial charge on any atom is -0.480 e. The van der Waals surface area contributed by atoms with E-state index < -0.39 is 12.0 Å². The van der Waals surface area contributed by atoms with Gasteiger partial charge in [0.2, 0.25) is 0 Å². The van der Waals surface area contributed by atoms with E-state index in [9.17, 15) is 9.18 Å². The van der Waals surface area contributed by atoms with Gasteiger partial charge in [-0.25, -0.2) is 4.39 Å². The van der Waals surface area contributed by atoms with E-state index in [1.165, 1.54) is 100.0 Å². The van der Waals surface area contributed by atoms with E-state index in [2.05, 4.69) is 79.3 Å². The van der Waals surface area contributed by atoms with Gasteiger partial charge in [-0.2, -0.15) is 0 Å². The predicted molar refractivity (Wildman–Crippen MR) is 200 cm³/mol. The first-order valence-electron chi connectivity index (χ1n) is 18.1. The predicted octanol–water partition coefficient (Wildman–Crippen LogP) is 9.73. The van der Waals surface area contributed by atoms with Gasteiger partial charge in [-0.15, -0.1) is 0 Å². The molecule has 2 aromatic carbocycles. The molecule has 1 aliphatic heterocycles. The van der Waals surface area contributed by atoms with Crippen LogP contribution in [0.4, 0.5) is 4.39 Å². The molecule has 2 aliphatic rings. The number of hydrogen-bond donors (Lipinski definition) is 2. The molecule has 2 aromatic rings. The molecule has 5 nitrogen and oxygen atoms in total. The molecule has 2 fully saturated rings. The van der Waals surface area contributed by atoms with Crippen LogP contribution >= 0.6 is 0 Å². The van der Waals surface area contributed by atoms with Gasteiger partial charge in [0.15, 0.2) is 0 Å². The third kappa shape index (κ3) is 18.3. The summed E-state index contributed by atoms with van der Waals surface area (Å²) in [5.74, 6) is 1.81. The number of nitrogens with one attached hydrogen (secondary N) is 1. The van der Waals surface area contributed by atoms with E-state index in [1.54, 1.807) is 25.2 Å². The Bertz CT molecular complexity index is 1130. The van der Waals surface area contributed by atoms with Crippen molar-refractivity contribution in [3.8, 4) is 0 Å². The highest BCUT2D eigenvalue weighted by molar-refractivity contribution is 5.97. The summed E-state index contributed by atoms with van der Waals surface area (Å²) in [5, 5.41) is 11.2. The van der Waals surface area contributed by atoms with Crippen molar-refractivity contribution in [2.45, 2.75) is 105 Å². The molecule has 3 atom stereocenters. The molecule has 1 aliphatic carbocycles. The first-order valence-corrected chi connectivity index (χ1v) is 18.1. The summed E-state index contributed by atoms with van der Waals surface area (Å²) in [4.78, 5) is 17.6. The molecule has 1 saturated carbocycles. The van der Waals surface area contributed by atoms with Gasteiger partial charge in [0.1, 0.15) is 11.9 Å². The molecule has 3 unspecified atom stereocenters. The van der Waals surface area contributed by atoms with Crippen LogP contribution in [0.3, 0.4) is 0 Å². The van der Waals surface area contributed by atoms with Crippen LogP contribution in [-0.4, -0.2) is 61.5 Å². The molecule has 0 radical (unpaired) electrons. The zero-order valence-electron chi connectivity index (χ0n) is 30.9. The number of rotatable bonds is 11. The molecule has 1 heterocycles. The van der Waals surface area contributed by atoms with E-state index >= 15 is 0 Å². The number of hydrogen-bond acceptors (Lipinski definition) is 4. The van der Waals surface area contributed by atoms with Gasteiger partial charge in [0.25, 0.3) is 0 Å². The van der Waals surface area contributed by atoms with Crippen LogP contribution in [0, 0.1) is 29.5 Å². The number of likely N-dealkylation sites (tertiary alicyclic amines) is 1. The van der Waals surface area contributed by atoms with Crippen molar-refractivity contribution in [1.82, 2.24) is 10.2 Å². The lowest BCUT2D eigenvalue weighted by molar-refractivity contribution is -0.140. The first kappa shape index (κ1) is 42.2. The maximum absolute atomic E-state index is 11.9. The summed E-state index contributed by atoms with van der Waals surface area (Å²) < 4.78 is 11.9. The average Bonchev–Trinajstić information content (AvgIpc) is 3.46. The van der Waals surface area contributed by atoms with Crippen LogP contribution in [0.15, 0.2) is 77.3 Å². The summed E-state index contributed by atoms with van der Waals surface area (Å²) in [5.41, 5.74) is 4.07. The van der Waals surface area contributed by atoms with Crippen LogP contribution in [0.1, 0.15) is 98.5 Å². The molecule has 264 valence electrons. The molecule has 0 amide bonds. The maximum atomic E-state index is 11.9. The number of allylic oxidation sites excluding steroid dienone is 2. The fraction of sp³-hybridized carbons (Fsp3) is 0.610. The van der Waals surface area contributed by atoms with Crippen molar-refractivity contribution in [1.29, 1.82) is 0 Å². The molecule has 1 saturated heterocycles. The molecule has 0 aromatic heterocycles. The second-order valence-electron chi connectivity index (χ2n) is 13.5. The molecule has 0 bridgehead atoms. The quantitative estimate of drug-likeness (QED) is 0.238. The number of carbonyl (C=O) groups is 1. The Balaban J connectivity index is 0.000000426. The van der Waals surface area contributed by atoms with Crippen LogP contribution in [0.2, 0.25) is 0 Å². The summed E-state index contributed by atoms with van der Waals surface area (Å²) in [6.45, 7) is 16.8. The largest absolute Gasteiger partial charge is 0.480 e. The minimum absolute atomic E-state index is 0.146. The number of nitrogens with zero attached hydrogens (tertiary/aromatic N) is 2. The standard InChI is InChI=1S/C24H36N2.C6H5F.C6H13NO2.C5H12/c1-19-8-7-11-23(19)18-26-14-12-22(13-15-26)20(2)16-24(25-3)17-21-9-5-4-6-10-21;7-6-4-2-1-3-5-6;1-4(2)5(7-3)6(8)9;1-3-5-4-2/h4-6,9-10,16,19,22-23H,7-8,11-15,17-18H2,1-3H3;1-5H;4-5,7H,1-3H3,(H,8,9);3-5H2,1-2H3/b20-16+,25-24?;;;. The molecule has 6 heteroatoms. The molecule has 2 N–H and O–H groups in total. The summed E-state index contributed by atoms with van der Waals surface area (Å²) in [6.07, 6.45) is 14.3. The van der Waals surface area contributed by atoms with Crippen LogP contribution < -0.4 is 5.32 Å². The van der Waals surface area contributed by atoms with E-state index in [1.807, 2.05) is 20.9 Å². The topological polar surface area (TPSA) is 64.9 Å². The van der Waals surface area contributed by atoms with Gasteiger partial charge >= 0.3 is 5.97 Å². The average molecular weight is 652 g/mol. The first-order chi connectivity index (χ1) is 22.6. The Morgan fingerprint density at radius 3 is 1.94 bits per heavy atom. The zero-order valence-corrected chi connectivity index (χ0v) is 30.9. The Hall–Kier alpha value is -2.83. The van der Waals surface area contributed by atoms with Crippen molar-refractivity contribution in [3.63, 3.8) is 0 Å². The molecule has 0 spiro atoms. The normalized spacial score (nSPS) is 19.4. The lowest BCUT2D eigenvalue weighted by Crippen LogP contribution is -2.38. The van der Waals surface area contributed by atoms with Crippen LogP contribution in [-0.2, 0) is 11.2 Å². The fourth-order valence-electron chi connectivity index (χ4n) is 6.29. The Kier molecular flexibility index (Phi) is 22.6. The van der Waals surface area contributed by atoms with Gasteiger partial charge in [-0.3, -0.25) is 9.79 Å². The van der Waals surface area contributed by atoms with Crippen molar-refractivity contribution in [3.05, 3.63) is 83.7 Å². The molecular weight excluding hydrogens is 585 g/mol. The number of aliphatic carboxylic acids is 1. The summed E-state index contributed by atoms with van der Waals surface area (Å²) in [6, 6.07) is 18.2. The summed E-state index contributed by atoms with van der Waals surface area (Å²) in [7, 11) is 3.58. The number of carboxylic acid groups (broad SMARTS) is 1. The SMILES string of the molecule is CCCCC.CN=C(/C=C(\C)C1CCN(CC2CCCC2C)CC1)Cc1ccccc1.CNC(C(=O)O)C(C)C.Fc1ccccc1. The monoisotopic (exact) mass is 652 g/mol. The van der Waals surface area contributed by atoms with Gasteiger partial charge in [-0.1, -0.05) is 121 Å². The van der Waals surface area contributed by atoms with E-state index in [0.29, 0.717) is 0 Å². The number of benzene rings is 2. The number of halogens is 1. The van der Waals surface area contributed by atoms with Crippen molar-refractivity contribution in [2.75, 3.05) is 33.7 Å². The Morgan fingerprint density at radius 1 is 1.00 bits per heavy atom. The van der Waals surface area contributed by atoms with Crippen molar-refractivity contribution < 1.29 is 14.3 Å². The second kappa shape index (κ2) is 25.2. The molecule has 47 heavy (non-hydrogen) atoms. The number of aliphatic imine (C=N–C) groups is 1. The van der Waals surface area contributed by atoms with Crippen LogP contribution in [0.5, 0.6) is 0 Å².